The van der Waals surface area contributed by atoms with Crippen LogP contribution in [0.1, 0.15) is 55.8 Å². The van der Waals surface area contributed by atoms with Gasteiger partial charge in [-0.05, 0) is 62.2 Å². The Labute approximate surface area is 197 Å². The highest BCUT2D eigenvalue weighted by Crippen LogP contribution is 2.40. The quantitative estimate of drug-likeness (QED) is 0.396. The number of hydrogen-bond donors (Lipinski definition) is 1. The van der Waals surface area contributed by atoms with Crippen LogP contribution in [0.25, 0.3) is 11.0 Å². The van der Waals surface area contributed by atoms with Crippen molar-refractivity contribution in [1.82, 2.24) is 4.90 Å². The molecule has 0 saturated heterocycles. The summed E-state index contributed by atoms with van der Waals surface area (Å²) in [5.41, 5.74) is 1.19. The Hall–Kier alpha value is -3.25. The van der Waals surface area contributed by atoms with Crippen LogP contribution in [-0.4, -0.2) is 34.3 Å². The highest BCUT2D eigenvalue weighted by atomic mass is 35.5. The number of aliphatic hydroxyl groups is 1. The lowest BCUT2D eigenvalue weighted by atomic mass is 9.94. The van der Waals surface area contributed by atoms with Crippen molar-refractivity contribution >= 4 is 34.3 Å². The van der Waals surface area contributed by atoms with Crippen LogP contribution >= 0.6 is 11.6 Å². The van der Waals surface area contributed by atoms with Crippen LogP contribution in [0.4, 0.5) is 0 Å². The third kappa shape index (κ3) is 4.48. The van der Waals surface area contributed by atoms with E-state index in [1.54, 1.807) is 35.2 Å². The van der Waals surface area contributed by atoms with Gasteiger partial charge in [-0.25, -0.2) is 0 Å². The first-order chi connectivity index (χ1) is 15.8. The van der Waals surface area contributed by atoms with Gasteiger partial charge in [-0.3, -0.25) is 9.59 Å². The SMILES string of the molecule is CCCCN1C(=O)C(O)=C(C(=O)c2cc3cc(Cl)ccc3o2)C1c1cccc(OC(C)C)c1. The lowest BCUT2D eigenvalue weighted by molar-refractivity contribution is -0.129. The zero-order valence-electron chi connectivity index (χ0n) is 18.8. The van der Waals surface area contributed by atoms with Gasteiger partial charge in [-0.2, -0.15) is 0 Å². The molecule has 1 atom stereocenters. The summed E-state index contributed by atoms with van der Waals surface area (Å²) in [6, 6.07) is 13.2. The van der Waals surface area contributed by atoms with Crippen molar-refractivity contribution in [1.29, 1.82) is 0 Å². The minimum absolute atomic E-state index is 0.00273. The van der Waals surface area contributed by atoms with Gasteiger partial charge in [-0.1, -0.05) is 37.1 Å². The first-order valence-electron chi connectivity index (χ1n) is 11.0. The number of carbonyl (C=O) groups excluding carboxylic acids is 2. The van der Waals surface area contributed by atoms with E-state index < -0.39 is 23.5 Å². The highest BCUT2D eigenvalue weighted by Gasteiger charge is 2.44. The normalized spacial score (nSPS) is 16.3. The van der Waals surface area contributed by atoms with Crippen molar-refractivity contribution < 1.29 is 23.8 Å². The van der Waals surface area contributed by atoms with E-state index in [0.29, 0.717) is 33.8 Å². The number of Topliss-reactive ketones (excluding diaryl/α,β-unsaturated/α-hetero) is 1. The van der Waals surface area contributed by atoms with Gasteiger partial charge in [0.25, 0.3) is 5.91 Å². The van der Waals surface area contributed by atoms with Gasteiger partial charge >= 0.3 is 0 Å². The molecular formula is C26H26ClNO5. The van der Waals surface area contributed by atoms with Crippen LogP contribution in [0, 0.1) is 0 Å². The smallest absolute Gasteiger partial charge is 0.290 e. The Morgan fingerprint density at radius 3 is 2.73 bits per heavy atom. The van der Waals surface area contributed by atoms with Crippen molar-refractivity contribution in [2.24, 2.45) is 0 Å². The second-order valence-corrected chi connectivity index (χ2v) is 8.81. The zero-order chi connectivity index (χ0) is 23.7. The molecule has 2 heterocycles. The Morgan fingerprint density at radius 1 is 1.21 bits per heavy atom. The van der Waals surface area contributed by atoms with E-state index in [9.17, 15) is 14.7 Å². The zero-order valence-corrected chi connectivity index (χ0v) is 19.6. The standard InChI is InChI=1S/C26H26ClNO5/c1-4-5-11-28-23(16-7-6-8-19(13-16)32-15(2)3)22(25(30)26(28)31)24(29)21-14-17-12-18(27)9-10-20(17)33-21/h6-10,12-15,23,30H,4-5,11H2,1-3H3. The minimum atomic E-state index is -0.746. The number of furan rings is 1. The first kappa shape index (κ1) is 22.9. The van der Waals surface area contributed by atoms with E-state index in [4.69, 9.17) is 20.8 Å². The number of amides is 1. The first-order valence-corrected chi connectivity index (χ1v) is 11.4. The fourth-order valence-corrected chi connectivity index (χ4v) is 4.26. The van der Waals surface area contributed by atoms with Gasteiger partial charge in [0, 0.05) is 17.0 Å². The molecule has 1 aromatic heterocycles. The molecule has 0 fully saturated rings. The summed E-state index contributed by atoms with van der Waals surface area (Å²) in [5, 5.41) is 12.0. The average Bonchev–Trinajstić information content (AvgIpc) is 3.30. The summed E-state index contributed by atoms with van der Waals surface area (Å²) < 4.78 is 11.6. The number of nitrogens with zero attached hydrogens (tertiary/aromatic N) is 1. The molecule has 6 nitrogen and oxygen atoms in total. The average molecular weight is 468 g/mol. The van der Waals surface area contributed by atoms with E-state index in [-0.39, 0.29) is 17.4 Å². The fourth-order valence-electron chi connectivity index (χ4n) is 4.08. The summed E-state index contributed by atoms with van der Waals surface area (Å²) in [6.07, 6.45) is 1.57. The number of ether oxygens (including phenoxy) is 1. The molecule has 0 spiro atoms. The number of unbranched alkanes of at least 4 members (excludes halogenated alkanes) is 1. The molecule has 4 rings (SSSR count). The van der Waals surface area contributed by atoms with Gasteiger partial charge in [0.1, 0.15) is 11.3 Å². The molecule has 1 N–H and O–H groups in total. The van der Waals surface area contributed by atoms with Gasteiger partial charge in [-0.15, -0.1) is 0 Å². The third-order valence-corrected chi connectivity index (χ3v) is 5.78. The topological polar surface area (TPSA) is 80.0 Å². The predicted octanol–water partition coefficient (Wildman–Crippen LogP) is 6.25. The minimum Gasteiger partial charge on any atom is -0.503 e. The largest absolute Gasteiger partial charge is 0.503 e. The summed E-state index contributed by atoms with van der Waals surface area (Å²) in [4.78, 5) is 28.1. The van der Waals surface area contributed by atoms with Crippen molar-refractivity contribution in [3.63, 3.8) is 0 Å². The van der Waals surface area contributed by atoms with Crippen LogP contribution in [-0.2, 0) is 4.79 Å². The summed E-state index contributed by atoms with van der Waals surface area (Å²) in [6.45, 7) is 6.28. The molecule has 0 bridgehead atoms. The maximum absolute atomic E-state index is 13.6. The molecule has 172 valence electrons. The predicted molar refractivity (Wildman–Crippen MR) is 127 cm³/mol. The van der Waals surface area contributed by atoms with Gasteiger partial charge in [0.15, 0.2) is 11.5 Å². The van der Waals surface area contributed by atoms with Crippen LogP contribution in [0.2, 0.25) is 5.02 Å². The van der Waals surface area contributed by atoms with Crippen molar-refractivity contribution in [2.75, 3.05) is 6.54 Å². The number of halogens is 1. The van der Waals surface area contributed by atoms with E-state index >= 15 is 0 Å². The van der Waals surface area contributed by atoms with Crippen molar-refractivity contribution in [3.8, 4) is 5.75 Å². The fraction of sp³-hybridized carbons (Fsp3) is 0.308. The Morgan fingerprint density at radius 2 is 2.00 bits per heavy atom. The molecule has 2 aromatic carbocycles. The summed E-state index contributed by atoms with van der Waals surface area (Å²) >= 11 is 6.06. The second-order valence-electron chi connectivity index (χ2n) is 8.38. The Kier molecular flexibility index (Phi) is 6.47. The van der Waals surface area contributed by atoms with E-state index in [2.05, 4.69) is 0 Å². The number of fused-ring (bicyclic) bond motifs is 1. The number of hydrogen-bond acceptors (Lipinski definition) is 5. The molecular weight excluding hydrogens is 442 g/mol. The molecule has 3 aromatic rings. The molecule has 33 heavy (non-hydrogen) atoms. The van der Waals surface area contributed by atoms with Gasteiger partial charge in [0.05, 0.1) is 17.7 Å². The molecule has 0 aliphatic carbocycles. The maximum Gasteiger partial charge on any atom is 0.290 e. The summed E-state index contributed by atoms with van der Waals surface area (Å²) in [7, 11) is 0. The molecule has 1 aliphatic heterocycles. The Balaban J connectivity index is 1.79. The number of rotatable bonds is 8. The van der Waals surface area contributed by atoms with Crippen LogP contribution in [0.5, 0.6) is 5.75 Å². The van der Waals surface area contributed by atoms with Crippen molar-refractivity contribution in [3.05, 3.63) is 76.2 Å². The number of aliphatic hydroxyl groups excluding tert-OH is 1. The van der Waals surface area contributed by atoms with E-state index in [1.807, 2.05) is 39.0 Å². The third-order valence-electron chi connectivity index (χ3n) is 5.55. The summed E-state index contributed by atoms with van der Waals surface area (Å²) in [5.74, 6) is -0.978. The molecule has 1 amide bonds. The second kappa shape index (κ2) is 9.32. The molecule has 1 unspecified atom stereocenters. The maximum atomic E-state index is 13.6. The molecule has 0 radical (unpaired) electrons. The Bertz CT molecular complexity index is 1240. The number of benzene rings is 2. The monoisotopic (exact) mass is 467 g/mol. The lowest BCUT2D eigenvalue weighted by Gasteiger charge is -2.27. The molecule has 0 saturated carbocycles. The molecule has 7 heteroatoms. The number of ketones is 1. The number of carbonyl (C=O) groups is 2. The molecule has 1 aliphatic rings. The lowest BCUT2D eigenvalue weighted by Crippen LogP contribution is -2.32. The van der Waals surface area contributed by atoms with Crippen LogP contribution in [0.15, 0.2) is 64.3 Å². The van der Waals surface area contributed by atoms with E-state index in [1.165, 1.54) is 0 Å². The van der Waals surface area contributed by atoms with Crippen molar-refractivity contribution in [2.45, 2.75) is 45.8 Å². The van der Waals surface area contributed by atoms with Gasteiger partial charge < -0.3 is 19.2 Å². The highest BCUT2D eigenvalue weighted by molar-refractivity contribution is 6.31. The van der Waals surface area contributed by atoms with Crippen LogP contribution in [0.3, 0.4) is 0 Å². The van der Waals surface area contributed by atoms with Crippen LogP contribution < -0.4 is 4.74 Å². The van der Waals surface area contributed by atoms with E-state index in [0.717, 1.165) is 12.8 Å². The van der Waals surface area contributed by atoms with Gasteiger partial charge in [0.2, 0.25) is 5.78 Å².